The number of nitrogens with one attached hydrogen (secondary N) is 2. The molecule has 1 aromatic heterocycles. The third-order valence-electron chi connectivity index (χ3n) is 3.38. The fourth-order valence-electron chi connectivity index (χ4n) is 2.09. The van der Waals surface area contributed by atoms with Crippen LogP contribution >= 0.6 is 11.8 Å². The number of rotatable bonds is 8. The van der Waals surface area contributed by atoms with Crippen molar-refractivity contribution in [3.63, 3.8) is 0 Å². The highest BCUT2D eigenvalue weighted by Crippen LogP contribution is 2.17. The molecule has 0 aliphatic heterocycles. The third-order valence-corrected chi connectivity index (χ3v) is 4.22. The number of ether oxygens (including phenoxy) is 1. The number of halogens is 1. The summed E-state index contributed by atoms with van der Waals surface area (Å²) in [6, 6.07) is 15.8. The second-order valence-corrected chi connectivity index (χ2v) is 6.28. The number of hydrogen-bond acceptors (Lipinski definition) is 5. The number of nitrogens with zero attached hydrogens (tertiary/aromatic N) is 2. The summed E-state index contributed by atoms with van der Waals surface area (Å²) in [7, 11) is 0. The molecule has 2 N–H and O–H groups in total. The van der Waals surface area contributed by atoms with E-state index in [1.807, 2.05) is 30.3 Å². The van der Waals surface area contributed by atoms with E-state index in [0.717, 1.165) is 5.56 Å². The Hall–Kier alpha value is -2.87. The zero-order valence-electron chi connectivity index (χ0n) is 13.8. The van der Waals surface area contributed by atoms with Gasteiger partial charge in [-0.2, -0.15) is 0 Å². The van der Waals surface area contributed by atoms with Gasteiger partial charge in [-0.3, -0.25) is 9.89 Å². The zero-order valence-corrected chi connectivity index (χ0v) is 14.6. The predicted octanol–water partition coefficient (Wildman–Crippen LogP) is 2.93. The predicted molar refractivity (Wildman–Crippen MR) is 96.1 cm³/mol. The molecule has 0 bridgehead atoms. The highest BCUT2D eigenvalue weighted by molar-refractivity contribution is 7.99. The molecule has 8 heteroatoms. The minimum Gasteiger partial charge on any atom is -0.483 e. The van der Waals surface area contributed by atoms with Crippen LogP contribution in [0.25, 0.3) is 0 Å². The quantitative estimate of drug-likeness (QED) is 0.595. The molecular weight excluding hydrogens is 355 g/mol. The van der Waals surface area contributed by atoms with Crippen LogP contribution in [0.15, 0.2) is 59.8 Å². The molecule has 2 aromatic carbocycles. The topological polar surface area (TPSA) is 79.9 Å². The van der Waals surface area contributed by atoms with Gasteiger partial charge in [0.2, 0.25) is 11.1 Å². The van der Waals surface area contributed by atoms with Crippen LogP contribution in [-0.2, 0) is 17.9 Å². The maximum Gasteiger partial charge on any atom is 0.230 e. The molecule has 134 valence electrons. The van der Waals surface area contributed by atoms with Gasteiger partial charge in [0.05, 0.1) is 5.75 Å². The van der Waals surface area contributed by atoms with Crippen LogP contribution in [-0.4, -0.2) is 26.8 Å². The van der Waals surface area contributed by atoms with Gasteiger partial charge in [-0.15, -0.1) is 5.10 Å². The number of carbonyl (C=O) groups excluding carboxylic acids is 1. The minimum absolute atomic E-state index is 0.0642. The number of benzene rings is 2. The molecule has 0 fully saturated rings. The molecule has 1 heterocycles. The lowest BCUT2D eigenvalue weighted by atomic mass is 10.2. The molecule has 0 unspecified atom stereocenters. The molecule has 6 nitrogen and oxygen atoms in total. The Bertz CT molecular complexity index is 857. The van der Waals surface area contributed by atoms with E-state index in [-0.39, 0.29) is 24.0 Å². The Morgan fingerprint density at radius 2 is 1.92 bits per heavy atom. The third kappa shape index (κ3) is 5.32. The van der Waals surface area contributed by atoms with E-state index in [0.29, 0.717) is 17.5 Å². The lowest BCUT2D eigenvalue weighted by Gasteiger charge is -2.04. The normalized spacial score (nSPS) is 10.5. The van der Waals surface area contributed by atoms with E-state index >= 15 is 0 Å². The molecule has 26 heavy (non-hydrogen) atoms. The minimum atomic E-state index is -0.434. The number of aromatic amines is 1. The summed E-state index contributed by atoms with van der Waals surface area (Å²) in [5, 5.41) is 10.0. The number of para-hydroxylation sites is 1. The van der Waals surface area contributed by atoms with Gasteiger partial charge in [-0.25, -0.2) is 9.37 Å². The molecule has 3 aromatic rings. The van der Waals surface area contributed by atoms with Crippen LogP contribution in [0.2, 0.25) is 0 Å². The number of hydrogen-bond donors (Lipinski definition) is 2. The van der Waals surface area contributed by atoms with Crippen molar-refractivity contribution in [3.05, 3.63) is 71.8 Å². The van der Waals surface area contributed by atoms with E-state index in [9.17, 15) is 9.18 Å². The van der Waals surface area contributed by atoms with Gasteiger partial charge in [0.1, 0.15) is 6.61 Å². The van der Waals surface area contributed by atoms with Crippen LogP contribution < -0.4 is 10.1 Å². The van der Waals surface area contributed by atoms with Crippen LogP contribution in [0.4, 0.5) is 4.39 Å². The first-order chi connectivity index (χ1) is 12.7. The Kier molecular flexibility index (Phi) is 6.21. The van der Waals surface area contributed by atoms with Crippen molar-refractivity contribution < 1.29 is 13.9 Å². The largest absolute Gasteiger partial charge is 0.483 e. The van der Waals surface area contributed by atoms with E-state index in [2.05, 4.69) is 20.5 Å². The first-order valence-electron chi connectivity index (χ1n) is 7.93. The second kappa shape index (κ2) is 9.00. The van der Waals surface area contributed by atoms with Crippen molar-refractivity contribution in [2.75, 3.05) is 5.75 Å². The van der Waals surface area contributed by atoms with Crippen LogP contribution in [0, 0.1) is 5.82 Å². The van der Waals surface area contributed by atoms with Gasteiger partial charge >= 0.3 is 0 Å². The average Bonchev–Trinajstić information content (AvgIpc) is 3.13. The fourth-order valence-corrected chi connectivity index (χ4v) is 2.74. The molecular formula is C18H17FN4O2S. The Morgan fingerprint density at radius 3 is 2.73 bits per heavy atom. The van der Waals surface area contributed by atoms with Gasteiger partial charge < -0.3 is 10.1 Å². The summed E-state index contributed by atoms with van der Waals surface area (Å²) in [6.07, 6.45) is 0. The SMILES string of the molecule is O=C(CSc1n[nH]c(COc2ccccc2F)n1)NCc1ccccc1. The number of H-pyrrole nitrogens is 1. The van der Waals surface area contributed by atoms with Crippen molar-refractivity contribution in [2.24, 2.45) is 0 Å². The van der Waals surface area contributed by atoms with Gasteiger partial charge in [-0.05, 0) is 17.7 Å². The van der Waals surface area contributed by atoms with E-state index in [1.54, 1.807) is 18.2 Å². The van der Waals surface area contributed by atoms with Gasteiger partial charge in [-0.1, -0.05) is 54.2 Å². The van der Waals surface area contributed by atoms with Crippen LogP contribution in [0.3, 0.4) is 0 Å². The average molecular weight is 372 g/mol. The fraction of sp³-hybridized carbons (Fsp3) is 0.167. The molecule has 0 aliphatic carbocycles. The summed E-state index contributed by atoms with van der Waals surface area (Å²) in [5.74, 6) is 0.279. The highest BCUT2D eigenvalue weighted by atomic mass is 32.2. The van der Waals surface area contributed by atoms with Crippen LogP contribution in [0.1, 0.15) is 11.4 Å². The monoisotopic (exact) mass is 372 g/mol. The Balaban J connectivity index is 1.42. The van der Waals surface area contributed by atoms with Crippen molar-refractivity contribution in [1.29, 1.82) is 0 Å². The van der Waals surface area contributed by atoms with Crippen molar-refractivity contribution in [2.45, 2.75) is 18.3 Å². The zero-order chi connectivity index (χ0) is 18.2. The number of aromatic nitrogens is 3. The standard InChI is InChI=1S/C18H17FN4O2S/c19-14-8-4-5-9-15(14)25-11-16-21-18(23-22-16)26-12-17(24)20-10-13-6-2-1-3-7-13/h1-9H,10-12H2,(H,20,24)(H,21,22,23). The summed E-state index contributed by atoms with van der Waals surface area (Å²) < 4.78 is 18.8. The van der Waals surface area contributed by atoms with E-state index in [4.69, 9.17) is 4.74 Å². The molecule has 0 saturated carbocycles. The number of thioether (sulfide) groups is 1. The number of amides is 1. The smallest absolute Gasteiger partial charge is 0.230 e. The molecule has 0 spiro atoms. The maximum absolute atomic E-state index is 13.5. The molecule has 0 radical (unpaired) electrons. The summed E-state index contributed by atoms with van der Waals surface area (Å²) in [5.41, 5.74) is 1.04. The van der Waals surface area contributed by atoms with Gasteiger partial charge in [0.15, 0.2) is 17.4 Å². The van der Waals surface area contributed by atoms with E-state index in [1.165, 1.54) is 17.8 Å². The van der Waals surface area contributed by atoms with Gasteiger partial charge in [0.25, 0.3) is 0 Å². The lowest BCUT2D eigenvalue weighted by molar-refractivity contribution is -0.118. The summed E-state index contributed by atoms with van der Waals surface area (Å²) in [4.78, 5) is 16.1. The molecule has 0 aliphatic rings. The molecule has 1 amide bonds. The summed E-state index contributed by atoms with van der Waals surface area (Å²) >= 11 is 1.21. The molecule has 0 atom stereocenters. The molecule has 0 saturated heterocycles. The van der Waals surface area contributed by atoms with Gasteiger partial charge in [0, 0.05) is 6.54 Å². The first kappa shape index (κ1) is 17.9. The lowest BCUT2D eigenvalue weighted by Crippen LogP contribution is -2.24. The Morgan fingerprint density at radius 1 is 1.15 bits per heavy atom. The molecule has 3 rings (SSSR count). The Labute approximate surface area is 154 Å². The second-order valence-electron chi connectivity index (χ2n) is 5.33. The van der Waals surface area contributed by atoms with Crippen molar-refractivity contribution in [3.8, 4) is 5.75 Å². The van der Waals surface area contributed by atoms with Crippen molar-refractivity contribution in [1.82, 2.24) is 20.5 Å². The van der Waals surface area contributed by atoms with Crippen molar-refractivity contribution >= 4 is 17.7 Å². The summed E-state index contributed by atoms with van der Waals surface area (Å²) in [6.45, 7) is 0.546. The van der Waals surface area contributed by atoms with Crippen LogP contribution in [0.5, 0.6) is 5.75 Å². The highest BCUT2D eigenvalue weighted by Gasteiger charge is 2.09. The number of carbonyl (C=O) groups is 1. The van der Waals surface area contributed by atoms with E-state index < -0.39 is 5.82 Å². The maximum atomic E-state index is 13.5. The first-order valence-corrected chi connectivity index (χ1v) is 8.91.